The lowest BCUT2D eigenvalue weighted by atomic mass is 10.0. The molecule has 1 aromatic carbocycles. The number of nitrogens with zero attached hydrogens (tertiary/aromatic N) is 8. The Labute approximate surface area is 262 Å². The number of carbonyl (C=O) groups is 1. The molecule has 10 nitrogen and oxygen atoms in total. The fourth-order valence-electron chi connectivity index (χ4n) is 5.93. The van der Waals surface area contributed by atoms with Crippen molar-refractivity contribution in [2.75, 3.05) is 26.2 Å². The maximum absolute atomic E-state index is 13.8. The minimum absolute atomic E-state index is 0.0434. The van der Waals surface area contributed by atoms with E-state index in [0.29, 0.717) is 34.2 Å². The summed E-state index contributed by atoms with van der Waals surface area (Å²) in [4.78, 5) is 34.4. The summed E-state index contributed by atoms with van der Waals surface area (Å²) in [5.74, 6) is -0.351. The summed E-state index contributed by atoms with van der Waals surface area (Å²) in [6.45, 7) is 4.42. The highest BCUT2D eigenvalue weighted by Crippen LogP contribution is 2.35. The number of imidazole rings is 2. The number of aromatic nitrogens is 7. The fraction of sp³-hybridized carbons (Fsp3) is 0.273. The average molecular weight is 623 g/mol. The molecule has 1 aliphatic heterocycles. The number of carbonyl (C=O) groups excluding carboxylic acids is 1. The highest BCUT2D eigenvalue weighted by molar-refractivity contribution is 7.17. The summed E-state index contributed by atoms with van der Waals surface area (Å²) < 4.78 is 17.7. The monoisotopic (exact) mass is 622 g/mol. The van der Waals surface area contributed by atoms with Crippen LogP contribution in [0.5, 0.6) is 0 Å². The number of aliphatic hydroxyl groups excluding tert-OH is 1. The first-order chi connectivity index (χ1) is 22.0. The number of hydrogen-bond acceptors (Lipinski definition) is 9. The molecule has 0 bridgehead atoms. The Kier molecular flexibility index (Phi) is 8.01. The Balaban J connectivity index is 1.19. The Morgan fingerprint density at radius 1 is 1.02 bits per heavy atom. The number of ketones is 1. The van der Waals surface area contributed by atoms with Gasteiger partial charge in [-0.1, -0.05) is 0 Å². The molecule has 0 amide bonds. The van der Waals surface area contributed by atoms with Gasteiger partial charge in [0.05, 0.1) is 53.2 Å². The molecule has 1 aliphatic rings. The van der Waals surface area contributed by atoms with E-state index in [9.17, 15) is 14.3 Å². The van der Waals surface area contributed by atoms with Gasteiger partial charge in [0.25, 0.3) is 0 Å². The van der Waals surface area contributed by atoms with Crippen molar-refractivity contribution in [3.8, 4) is 33.2 Å². The summed E-state index contributed by atoms with van der Waals surface area (Å²) in [5, 5.41) is 15.1. The smallest absolute Gasteiger partial charge is 0.180 e. The third-order valence-electron chi connectivity index (χ3n) is 8.21. The second-order valence-corrected chi connectivity index (χ2v) is 12.2. The number of pyridine rings is 1. The van der Waals surface area contributed by atoms with Crippen molar-refractivity contribution in [1.82, 2.24) is 39.0 Å². The number of aliphatic hydroxyl groups is 1. The number of aryl methyl sites for hydroxylation is 1. The lowest BCUT2D eigenvalue weighted by molar-refractivity contribution is 0.0995. The Morgan fingerprint density at radius 3 is 2.56 bits per heavy atom. The van der Waals surface area contributed by atoms with Crippen LogP contribution in [0.25, 0.3) is 38.9 Å². The molecule has 0 radical (unpaired) electrons. The third-order valence-corrected chi connectivity index (χ3v) is 9.46. The van der Waals surface area contributed by atoms with Crippen LogP contribution in [0.1, 0.15) is 39.9 Å². The SMILES string of the molecule is Cc1nc(-c2ccncc2)sc1C(=O)Cc1cn2nc(-c3c(-c4ccc(F)cc4)ncn3C3CCN(CCO)CC3)ccc2n1. The van der Waals surface area contributed by atoms with E-state index >= 15 is 0 Å². The van der Waals surface area contributed by atoms with Crippen LogP contribution in [-0.4, -0.2) is 76.1 Å². The predicted molar refractivity (Wildman–Crippen MR) is 170 cm³/mol. The van der Waals surface area contributed by atoms with Gasteiger partial charge in [-0.2, -0.15) is 5.10 Å². The van der Waals surface area contributed by atoms with E-state index in [2.05, 4.69) is 24.4 Å². The molecule has 45 heavy (non-hydrogen) atoms. The molecule has 1 N–H and O–H groups in total. The molecule has 1 saturated heterocycles. The van der Waals surface area contributed by atoms with Crippen molar-refractivity contribution >= 4 is 22.8 Å². The van der Waals surface area contributed by atoms with Crippen LogP contribution in [0, 0.1) is 12.7 Å². The maximum Gasteiger partial charge on any atom is 0.180 e. The molecule has 6 aromatic rings. The number of benzene rings is 1. The summed E-state index contributed by atoms with van der Waals surface area (Å²) in [5.41, 5.74) is 5.94. The molecule has 1 fully saturated rings. The summed E-state index contributed by atoms with van der Waals surface area (Å²) in [6.07, 6.45) is 9.01. The number of fused-ring (bicyclic) bond motifs is 1. The predicted octanol–water partition coefficient (Wildman–Crippen LogP) is 5.28. The number of Topliss-reactive ketones (excluding diaryl/α,β-unsaturated/α-hetero) is 1. The molecule has 228 valence electrons. The van der Waals surface area contributed by atoms with Crippen LogP contribution in [0.2, 0.25) is 0 Å². The van der Waals surface area contributed by atoms with Crippen molar-refractivity contribution in [2.24, 2.45) is 0 Å². The molecule has 0 spiro atoms. The standard InChI is InChI=1S/C33H31FN8O2S/c1-21-32(45-33(37-21)23-8-12-35-13-9-23)28(44)18-25-19-42-29(38-25)7-6-27(39-42)31-30(22-2-4-24(34)5-3-22)36-20-41(31)26-10-14-40(15-11-26)16-17-43/h2-9,12-13,19-20,26,43H,10-11,14-18H2,1H3. The Hall–Kier alpha value is -4.65. The van der Waals surface area contributed by atoms with E-state index in [1.807, 2.05) is 37.5 Å². The average Bonchev–Trinajstić information content (AvgIpc) is 3.78. The van der Waals surface area contributed by atoms with Gasteiger partial charge in [0.15, 0.2) is 11.4 Å². The maximum atomic E-state index is 13.8. The number of hydrogen-bond donors (Lipinski definition) is 1. The highest BCUT2D eigenvalue weighted by Gasteiger charge is 2.26. The largest absolute Gasteiger partial charge is 0.395 e. The van der Waals surface area contributed by atoms with Crippen molar-refractivity contribution in [3.05, 3.63) is 95.5 Å². The van der Waals surface area contributed by atoms with Crippen LogP contribution in [0.15, 0.2) is 73.4 Å². The first kappa shape index (κ1) is 29.1. The molecule has 0 unspecified atom stereocenters. The first-order valence-corrected chi connectivity index (χ1v) is 15.7. The van der Waals surface area contributed by atoms with Gasteiger partial charge in [-0.3, -0.25) is 9.78 Å². The quantitative estimate of drug-likeness (QED) is 0.217. The number of rotatable bonds is 9. The molecule has 0 saturated carbocycles. The minimum Gasteiger partial charge on any atom is -0.395 e. The summed E-state index contributed by atoms with van der Waals surface area (Å²) in [7, 11) is 0. The molecule has 7 rings (SSSR count). The summed E-state index contributed by atoms with van der Waals surface area (Å²) in [6, 6.07) is 14.1. The van der Waals surface area contributed by atoms with Gasteiger partial charge in [-0.05, 0) is 68.3 Å². The zero-order valence-electron chi connectivity index (χ0n) is 24.7. The Bertz CT molecular complexity index is 1960. The van der Waals surface area contributed by atoms with Gasteiger partial charge < -0.3 is 14.6 Å². The number of halogens is 1. The molecule has 6 heterocycles. The number of thiazole rings is 1. The van der Waals surface area contributed by atoms with Crippen LogP contribution in [-0.2, 0) is 6.42 Å². The van der Waals surface area contributed by atoms with Gasteiger partial charge in [0.2, 0.25) is 0 Å². The lowest BCUT2D eigenvalue weighted by Gasteiger charge is -2.32. The zero-order valence-corrected chi connectivity index (χ0v) is 25.5. The van der Waals surface area contributed by atoms with Crippen LogP contribution in [0.4, 0.5) is 4.39 Å². The van der Waals surface area contributed by atoms with Crippen LogP contribution in [0.3, 0.4) is 0 Å². The normalized spacial score (nSPS) is 14.4. The zero-order chi connectivity index (χ0) is 30.9. The van der Waals surface area contributed by atoms with Crippen LogP contribution >= 0.6 is 11.3 Å². The lowest BCUT2D eigenvalue weighted by Crippen LogP contribution is -2.36. The summed E-state index contributed by atoms with van der Waals surface area (Å²) >= 11 is 1.38. The second kappa shape index (κ2) is 12.4. The fourth-order valence-corrected chi connectivity index (χ4v) is 6.94. The minimum atomic E-state index is -0.307. The van der Waals surface area contributed by atoms with Gasteiger partial charge in [0, 0.05) is 49.2 Å². The second-order valence-electron chi connectivity index (χ2n) is 11.2. The van der Waals surface area contributed by atoms with Crippen molar-refractivity contribution in [3.63, 3.8) is 0 Å². The number of β-amino-alcohol motifs (C(OH)–C–C–N with tert-alkyl or cyclic N) is 1. The van der Waals surface area contributed by atoms with Crippen molar-refractivity contribution < 1.29 is 14.3 Å². The van der Waals surface area contributed by atoms with E-state index in [-0.39, 0.29) is 30.7 Å². The number of piperidine rings is 1. The van der Waals surface area contributed by atoms with Crippen LogP contribution < -0.4 is 0 Å². The van der Waals surface area contributed by atoms with E-state index < -0.39 is 0 Å². The molecule has 0 atom stereocenters. The molecular weight excluding hydrogens is 591 g/mol. The van der Waals surface area contributed by atoms with Gasteiger partial charge in [0.1, 0.15) is 16.5 Å². The van der Waals surface area contributed by atoms with Gasteiger partial charge >= 0.3 is 0 Å². The van der Waals surface area contributed by atoms with E-state index in [1.165, 1.54) is 23.5 Å². The first-order valence-electron chi connectivity index (χ1n) is 14.9. The molecule has 5 aromatic heterocycles. The van der Waals surface area contributed by atoms with E-state index in [0.717, 1.165) is 53.5 Å². The molecule has 12 heteroatoms. The van der Waals surface area contributed by atoms with Crippen molar-refractivity contribution in [1.29, 1.82) is 0 Å². The number of likely N-dealkylation sites (tertiary alicyclic amines) is 1. The van der Waals surface area contributed by atoms with Crippen molar-refractivity contribution in [2.45, 2.75) is 32.2 Å². The highest BCUT2D eigenvalue weighted by atomic mass is 32.1. The third kappa shape index (κ3) is 5.91. The van der Waals surface area contributed by atoms with Gasteiger partial charge in [-0.25, -0.2) is 23.9 Å². The Morgan fingerprint density at radius 2 is 1.80 bits per heavy atom. The van der Waals surface area contributed by atoms with Gasteiger partial charge in [-0.15, -0.1) is 11.3 Å². The van der Waals surface area contributed by atoms with E-state index in [1.54, 1.807) is 35.2 Å². The molecule has 0 aliphatic carbocycles. The topological polar surface area (TPSA) is 114 Å². The van der Waals surface area contributed by atoms with E-state index in [4.69, 9.17) is 10.1 Å². The molecular formula is C33H31FN8O2S.